The summed E-state index contributed by atoms with van der Waals surface area (Å²) in [5, 5.41) is 0. The SMILES string of the molecule is CCOC1CCCC2(C1)OC(=O)C(c1cc(C)c(C)cc1C)C2=O. The van der Waals surface area contributed by atoms with Crippen molar-refractivity contribution in [3.63, 3.8) is 0 Å². The number of benzene rings is 1. The summed E-state index contributed by atoms with van der Waals surface area (Å²) < 4.78 is 11.4. The van der Waals surface area contributed by atoms with Gasteiger partial charge in [-0.3, -0.25) is 9.59 Å². The minimum atomic E-state index is -0.981. The van der Waals surface area contributed by atoms with Crippen LogP contribution in [0.3, 0.4) is 0 Å². The van der Waals surface area contributed by atoms with Crippen LogP contribution in [0.5, 0.6) is 0 Å². The number of aryl methyl sites for hydroxylation is 3. The van der Waals surface area contributed by atoms with Gasteiger partial charge in [-0.25, -0.2) is 0 Å². The summed E-state index contributed by atoms with van der Waals surface area (Å²) in [6.45, 7) is 8.56. The van der Waals surface area contributed by atoms with Crippen molar-refractivity contribution < 1.29 is 19.1 Å². The van der Waals surface area contributed by atoms with Crippen molar-refractivity contribution in [2.75, 3.05) is 6.61 Å². The van der Waals surface area contributed by atoms with E-state index in [1.54, 1.807) is 0 Å². The first-order chi connectivity index (χ1) is 11.4. The van der Waals surface area contributed by atoms with Crippen molar-refractivity contribution in [2.45, 2.75) is 71.0 Å². The molecule has 3 atom stereocenters. The lowest BCUT2D eigenvalue weighted by Gasteiger charge is -2.35. The van der Waals surface area contributed by atoms with Gasteiger partial charge in [-0.1, -0.05) is 12.1 Å². The Morgan fingerprint density at radius 1 is 1.17 bits per heavy atom. The highest BCUT2D eigenvalue weighted by atomic mass is 16.6. The molecule has 3 unspecified atom stereocenters. The molecule has 2 fully saturated rings. The molecule has 4 heteroatoms. The van der Waals surface area contributed by atoms with Gasteiger partial charge in [-0.15, -0.1) is 0 Å². The standard InChI is InChI=1S/C20H26O4/c1-5-23-15-7-6-8-20(11-15)18(21)17(19(22)24-20)16-10-13(3)12(2)9-14(16)4/h9-10,15,17H,5-8,11H2,1-4H3. The number of rotatable bonds is 3. The molecule has 1 saturated heterocycles. The van der Waals surface area contributed by atoms with Crippen molar-refractivity contribution in [3.8, 4) is 0 Å². The molecule has 3 rings (SSSR count). The Labute approximate surface area is 143 Å². The second-order valence-electron chi connectivity index (χ2n) is 7.18. The predicted octanol–water partition coefficient (Wildman–Crippen LogP) is 3.54. The maximum atomic E-state index is 13.2. The van der Waals surface area contributed by atoms with Crippen LogP contribution in [-0.2, 0) is 19.1 Å². The predicted molar refractivity (Wildman–Crippen MR) is 91.1 cm³/mol. The van der Waals surface area contributed by atoms with Crippen LogP contribution in [-0.4, -0.2) is 30.1 Å². The van der Waals surface area contributed by atoms with Crippen LogP contribution in [0.2, 0.25) is 0 Å². The number of carbonyl (C=O) groups excluding carboxylic acids is 2. The van der Waals surface area contributed by atoms with Crippen LogP contribution >= 0.6 is 0 Å². The zero-order valence-electron chi connectivity index (χ0n) is 15.0. The van der Waals surface area contributed by atoms with Gasteiger partial charge in [-0.2, -0.15) is 0 Å². The van der Waals surface area contributed by atoms with Crippen molar-refractivity contribution >= 4 is 11.8 Å². The van der Waals surface area contributed by atoms with Crippen molar-refractivity contribution in [2.24, 2.45) is 0 Å². The minimum absolute atomic E-state index is 0.0000934. The van der Waals surface area contributed by atoms with Crippen LogP contribution in [0.15, 0.2) is 12.1 Å². The molecule has 1 spiro atoms. The van der Waals surface area contributed by atoms with Crippen LogP contribution in [0.25, 0.3) is 0 Å². The van der Waals surface area contributed by atoms with Gasteiger partial charge in [0.15, 0.2) is 11.4 Å². The Morgan fingerprint density at radius 2 is 1.88 bits per heavy atom. The van der Waals surface area contributed by atoms with E-state index in [0.717, 1.165) is 29.5 Å². The fraction of sp³-hybridized carbons (Fsp3) is 0.600. The Hall–Kier alpha value is -1.68. The maximum absolute atomic E-state index is 13.2. The third-order valence-corrected chi connectivity index (χ3v) is 5.50. The van der Waals surface area contributed by atoms with Crippen LogP contribution in [0, 0.1) is 20.8 Å². The second-order valence-corrected chi connectivity index (χ2v) is 7.18. The molecule has 0 N–H and O–H groups in total. The van der Waals surface area contributed by atoms with E-state index in [1.807, 2.05) is 39.8 Å². The Balaban J connectivity index is 1.94. The number of hydrogen-bond acceptors (Lipinski definition) is 4. The average molecular weight is 330 g/mol. The number of ether oxygens (including phenoxy) is 2. The highest BCUT2D eigenvalue weighted by Crippen LogP contribution is 2.44. The molecular formula is C20H26O4. The zero-order chi connectivity index (χ0) is 17.5. The molecule has 2 aliphatic rings. The summed E-state index contributed by atoms with van der Waals surface area (Å²) in [7, 11) is 0. The van der Waals surface area contributed by atoms with E-state index in [9.17, 15) is 9.59 Å². The first-order valence-corrected chi connectivity index (χ1v) is 8.84. The summed E-state index contributed by atoms with van der Waals surface area (Å²) in [6.07, 6.45) is 2.88. The quantitative estimate of drug-likeness (QED) is 0.628. The summed E-state index contributed by atoms with van der Waals surface area (Å²) in [4.78, 5) is 25.8. The monoisotopic (exact) mass is 330 g/mol. The van der Waals surface area contributed by atoms with Crippen molar-refractivity contribution in [1.82, 2.24) is 0 Å². The second kappa shape index (κ2) is 6.32. The molecular weight excluding hydrogens is 304 g/mol. The molecule has 1 aromatic rings. The smallest absolute Gasteiger partial charge is 0.322 e. The molecule has 0 aromatic heterocycles. The van der Waals surface area contributed by atoms with Gasteiger partial charge in [-0.05, 0) is 69.2 Å². The third kappa shape index (κ3) is 2.77. The van der Waals surface area contributed by atoms with E-state index in [-0.39, 0.29) is 11.9 Å². The molecule has 0 radical (unpaired) electrons. The summed E-state index contributed by atoms with van der Waals surface area (Å²) in [5.74, 6) is -1.27. The largest absolute Gasteiger partial charge is 0.450 e. The highest BCUT2D eigenvalue weighted by molar-refractivity contribution is 6.13. The average Bonchev–Trinajstić information content (AvgIpc) is 2.74. The molecule has 24 heavy (non-hydrogen) atoms. The molecule has 1 heterocycles. The van der Waals surface area contributed by atoms with E-state index in [0.29, 0.717) is 19.4 Å². The zero-order valence-corrected chi connectivity index (χ0v) is 15.0. The topological polar surface area (TPSA) is 52.6 Å². The van der Waals surface area contributed by atoms with Gasteiger partial charge in [0.25, 0.3) is 0 Å². The number of Topliss-reactive ketones (excluding diaryl/α,β-unsaturated/α-hetero) is 1. The van der Waals surface area contributed by atoms with E-state index in [4.69, 9.17) is 9.47 Å². The molecule has 4 nitrogen and oxygen atoms in total. The van der Waals surface area contributed by atoms with E-state index < -0.39 is 17.5 Å². The maximum Gasteiger partial charge on any atom is 0.322 e. The first kappa shape index (κ1) is 17.2. The van der Waals surface area contributed by atoms with Gasteiger partial charge in [0.2, 0.25) is 0 Å². The molecule has 1 aliphatic carbocycles. The van der Waals surface area contributed by atoms with Gasteiger partial charge in [0, 0.05) is 13.0 Å². The lowest BCUT2D eigenvalue weighted by atomic mass is 9.76. The van der Waals surface area contributed by atoms with E-state index in [1.165, 1.54) is 5.56 Å². The molecule has 1 aliphatic heterocycles. The third-order valence-electron chi connectivity index (χ3n) is 5.50. The van der Waals surface area contributed by atoms with Gasteiger partial charge < -0.3 is 9.47 Å². The van der Waals surface area contributed by atoms with Gasteiger partial charge in [0.05, 0.1) is 6.10 Å². The number of carbonyl (C=O) groups is 2. The number of ketones is 1. The fourth-order valence-corrected chi connectivity index (χ4v) is 4.12. The number of hydrogen-bond donors (Lipinski definition) is 0. The summed E-state index contributed by atoms with van der Waals surface area (Å²) in [6, 6.07) is 4.01. The Kier molecular flexibility index (Phi) is 4.52. The summed E-state index contributed by atoms with van der Waals surface area (Å²) in [5.41, 5.74) is 3.04. The first-order valence-electron chi connectivity index (χ1n) is 8.84. The normalized spacial score (nSPS) is 30.0. The molecule has 1 saturated carbocycles. The van der Waals surface area contributed by atoms with Gasteiger partial charge in [0.1, 0.15) is 5.92 Å². The van der Waals surface area contributed by atoms with Crippen molar-refractivity contribution in [1.29, 1.82) is 0 Å². The molecule has 130 valence electrons. The fourth-order valence-electron chi connectivity index (χ4n) is 4.12. The van der Waals surface area contributed by atoms with E-state index >= 15 is 0 Å². The summed E-state index contributed by atoms with van der Waals surface area (Å²) >= 11 is 0. The minimum Gasteiger partial charge on any atom is -0.450 e. The number of esters is 1. The molecule has 0 amide bonds. The van der Waals surface area contributed by atoms with Crippen LogP contribution in [0.4, 0.5) is 0 Å². The Morgan fingerprint density at radius 3 is 2.58 bits per heavy atom. The Bertz CT molecular complexity index is 676. The molecule has 0 bridgehead atoms. The van der Waals surface area contributed by atoms with E-state index in [2.05, 4.69) is 0 Å². The lowest BCUT2D eigenvalue weighted by molar-refractivity contribution is -0.160. The van der Waals surface area contributed by atoms with Gasteiger partial charge >= 0.3 is 5.97 Å². The lowest BCUT2D eigenvalue weighted by Crippen LogP contribution is -2.44. The van der Waals surface area contributed by atoms with Crippen LogP contribution in [0.1, 0.15) is 60.8 Å². The van der Waals surface area contributed by atoms with Crippen LogP contribution < -0.4 is 0 Å². The van der Waals surface area contributed by atoms with Crippen molar-refractivity contribution in [3.05, 3.63) is 34.4 Å². The highest BCUT2D eigenvalue weighted by Gasteiger charge is 2.57. The molecule has 1 aromatic carbocycles.